The van der Waals surface area contributed by atoms with Crippen molar-refractivity contribution in [3.05, 3.63) is 77.0 Å². The number of aromatic nitrogens is 2. The monoisotopic (exact) mass is 526 g/mol. The maximum absolute atomic E-state index is 14.3. The first kappa shape index (κ1) is 26.9. The van der Waals surface area contributed by atoms with Gasteiger partial charge in [0.1, 0.15) is 24.0 Å². The highest BCUT2D eigenvalue weighted by Crippen LogP contribution is 2.48. The minimum Gasteiger partial charge on any atom is -0.352 e. The van der Waals surface area contributed by atoms with Gasteiger partial charge in [-0.1, -0.05) is 39.8 Å². The second-order valence-electron chi connectivity index (χ2n) is 10.3. The van der Waals surface area contributed by atoms with E-state index in [0.29, 0.717) is 17.1 Å². The number of amides is 2. The van der Waals surface area contributed by atoms with Gasteiger partial charge >= 0.3 is 0 Å². The lowest BCUT2D eigenvalue weighted by Crippen LogP contribution is -2.44. The Kier molecular flexibility index (Phi) is 7.73. The van der Waals surface area contributed by atoms with Gasteiger partial charge in [0.05, 0.1) is 22.4 Å². The summed E-state index contributed by atoms with van der Waals surface area (Å²) in [4.78, 5) is 28.0. The fourth-order valence-corrected chi connectivity index (χ4v) is 5.52. The number of thioether (sulfide) groups is 1. The lowest BCUT2D eigenvalue weighted by Gasteiger charge is -2.25. The molecule has 0 saturated heterocycles. The molecule has 1 aromatic heterocycles. The van der Waals surface area contributed by atoms with Crippen molar-refractivity contribution in [1.82, 2.24) is 15.1 Å². The SMILES string of the molecule is CCC(C)NC(=O)CN1C(=O)CSC(c2cccc(F)c2)c2c(C(C)(C)C)nn(-c3ccc(F)cc3)c21. The van der Waals surface area contributed by atoms with Crippen LogP contribution in [-0.2, 0) is 15.0 Å². The van der Waals surface area contributed by atoms with Crippen molar-refractivity contribution in [1.29, 1.82) is 0 Å². The number of carbonyl (C=O) groups excluding carboxylic acids is 2. The van der Waals surface area contributed by atoms with Crippen LogP contribution in [0.5, 0.6) is 0 Å². The molecule has 0 bridgehead atoms. The number of fused-ring (bicyclic) bond motifs is 1. The van der Waals surface area contributed by atoms with Gasteiger partial charge in [0, 0.05) is 17.0 Å². The molecule has 0 fully saturated rings. The van der Waals surface area contributed by atoms with Gasteiger partial charge < -0.3 is 5.32 Å². The Hall–Kier alpha value is -3.20. The molecule has 2 amide bonds. The number of anilines is 1. The lowest BCUT2D eigenvalue weighted by atomic mass is 9.87. The van der Waals surface area contributed by atoms with E-state index in [0.717, 1.165) is 17.7 Å². The van der Waals surface area contributed by atoms with Crippen LogP contribution in [0.15, 0.2) is 48.5 Å². The minimum atomic E-state index is -0.445. The molecule has 6 nitrogen and oxygen atoms in total. The number of nitrogens with one attached hydrogen (secondary N) is 1. The Bertz CT molecular complexity index is 1300. The number of rotatable bonds is 6. The van der Waals surface area contributed by atoms with Gasteiger partial charge in [-0.05, 0) is 55.3 Å². The van der Waals surface area contributed by atoms with Gasteiger partial charge in [0.2, 0.25) is 11.8 Å². The van der Waals surface area contributed by atoms with Crippen molar-refractivity contribution in [3.63, 3.8) is 0 Å². The van der Waals surface area contributed by atoms with Crippen molar-refractivity contribution in [3.8, 4) is 5.69 Å². The van der Waals surface area contributed by atoms with E-state index in [2.05, 4.69) is 5.32 Å². The largest absolute Gasteiger partial charge is 0.352 e. The van der Waals surface area contributed by atoms with E-state index < -0.39 is 16.5 Å². The molecule has 4 rings (SSSR count). The lowest BCUT2D eigenvalue weighted by molar-refractivity contribution is -0.123. The van der Waals surface area contributed by atoms with Crippen molar-refractivity contribution < 1.29 is 18.4 Å². The molecule has 0 aliphatic carbocycles. The van der Waals surface area contributed by atoms with Gasteiger partial charge in [-0.2, -0.15) is 5.10 Å². The summed E-state index contributed by atoms with van der Waals surface area (Å²) in [5.41, 5.74) is 2.28. The molecule has 196 valence electrons. The molecule has 2 unspecified atom stereocenters. The summed E-state index contributed by atoms with van der Waals surface area (Å²) in [6.07, 6.45) is 0.754. The van der Waals surface area contributed by atoms with Crippen LogP contribution in [0.3, 0.4) is 0 Å². The molecule has 0 radical (unpaired) electrons. The molecular weight excluding hydrogens is 494 g/mol. The third-order valence-electron chi connectivity index (χ3n) is 6.34. The second kappa shape index (κ2) is 10.7. The van der Waals surface area contributed by atoms with Crippen LogP contribution in [0.25, 0.3) is 5.69 Å². The Morgan fingerprint density at radius 1 is 1.16 bits per heavy atom. The number of hydrogen-bond acceptors (Lipinski definition) is 4. The van der Waals surface area contributed by atoms with E-state index in [1.165, 1.54) is 40.9 Å². The zero-order valence-electron chi connectivity index (χ0n) is 21.7. The van der Waals surface area contributed by atoms with Crippen molar-refractivity contribution >= 4 is 29.4 Å². The third kappa shape index (κ3) is 5.71. The minimum absolute atomic E-state index is 0.0457. The first-order chi connectivity index (χ1) is 17.5. The molecule has 1 N–H and O–H groups in total. The third-order valence-corrected chi connectivity index (χ3v) is 7.60. The van der Waals surface area contributed by atoms with Crippen LogP contribution in [0.1, 0.15) is 63.1 Å². The zero-order chi connectivity index (χ0) is 26.9. The summed E-state index contributed by atoms with van der Waals surface area (Å²) in [6.45, 7) is 9.74. The molecule has 0 saturated carbocycles. The molecule has 2 heterocycles. The Balaban J connectivity index is 1.98. The molecule has 37 heavy (non-hydrogen) atoms. The highest BCUT2D eigenvalue weighted by molar-refractivity contribution is 8.00. The fraction of sp³-hybridized carbons (Fsp3) is 0.393. The van der Waals surface area contributed by atoms with E-state index in [-0.39, 0.29) is 36.0 Å². The number of carbonyl (C=O) groups is 2. The standard InChI is InChI=1S/C28H32F2N4O2S/c1-6-17(2)31-22(35)15-33-23(36)16-37-25(18-8-7-9-20(30)14-18)24-26(28(3,4)5)32-34(27(24)33)21-12-10-19(29)11-13-21/h7-14,17,25H,6,15-16H2,1-5H3,(H,31,35). The topological polar surface area (TPSA) is 67.2 Å². The maximum Gasteiger partial charge on any atom is 0.240 e. The van der Waals surface area contributed by atoms with Gasteiger partial charge in [0.15, 0.2) is 0 Å². The van der Waals surface area contributed by atoms with Gasteiger partial charge in [-0.25, -0.2) is 13.5 Å². The van der Waals surface area contributed by atoms with Crippen molar-refractivity contribution in [2.45, 2.75) is 57.7 Å². The second-order valence-corrected chi connectivity index (χ2v) is 11.4. The zero-order valence-corrected chi connectivity index (χ0v) is 22.5. The quantitative estimate of drug-likeness (QED) is 0.459. The van der Waals surface area contributed by atoms with Crippen LogP contribution in [0.4, 0.5) is 14.6 Å². The van der Waals surface area contributed by atoms with Crippen molar-refractivity contribution in [2.24, 2.45) is 0 Å². The van der Waals surface area contributed by atoms with Gasteiger partial charge in [0.25, 0.3) is 0 Å². The van der Waals surface area contributed by atoms with E-state index >= 15 is 0 Å². The average molecular weight is 527 g/mol. The smallest absolute Gasteiger partial charge is 0.240 e. The van der Waals surface area contributed by atoms with Crippen LogP contribution in [0, 0.1) is 11.6 Å². The highest BCUT2D eigenvalue weighted by Gasteiger charge is 2.40. The normalized spacial score (nSPS) is 16.8. The molecule has 0 spiro atoms. The van der Waals surface area contributed by atoms with E-state index in [1.807, 2.05) is 40.7 Å². The highest BCUT2D eigenvalue weighted by atomic mass is 32.2. The Morgan fingerprint density at radius 2 is 1.86 bits per heavy atom. The number of hydrogen-bond donors (Lipinski definition) is 1. The number of nitrogens with zero attached hydrogens (tertiary/aromatic N) is 3. The summed E-state index contributed by atoms with van der Waals surface area (Å²) in [5.74, 6) is -0.768. The summed E-state index contributed by atoms with van der Waals surface area (Å²) in [6, 6.07) is 12.1. The van der Waals surface area contributed by atoms with Crippen molar-refractivity contribution in [2.75, 3.05) is 17.2 Å². The predicted octanol–water partition coefficient (Wildman–Crippen LogP) is 5.53. The first-order valence-corrected chi connectivity index (χ1v) is 13.4. The predicted molar refractivity (Wildman–Crippen MR) is 143 cm³/mol. The first-order valence-electron chi connectivity index (χ1n) is 12.4. The maximum atomic E-state index is 14.3. The van der Waals surface area contributed by atoms with Gasteiger partial charge in [-0.3, -0.25) is 14.5 Å². The fourth-order valence-electron chi connectivity index (χ4n) is 4.33. The molecule has 1 aliphatic heterocycles. The average Bonchev–Trinajstić information content (AvgIpc) is 3.17. The van der Waals surface area contributed by atoms with E-state index in [1.54, 1.807) is 22.9 Å². The van der Waals surface area contributed by atoms with Gasteiger partial charge in [-0.15, -0.1) is 11.8 Å². The summed E-state index contributed by atoms with van der Waals surface area (Å²) < 4.78 is 29.7. The summed E-state index contributed by atoms with van der Waals surface area (Å²) >= 11 is 1.38. The van der Waals surface area contributed by atoms with Crippen LogP contribution in [0.2, 0.25) is 0 Å². The van der Waals surface area contributed by atoms with E-state index in [9.17, 15) is 18.4 Å². The molecule has 2 aromatic carbocycles. The van der Waals surface area contributed by atoms with Crippen LogP contribution in [-0.4, -0.2) is 39.9 Å². The molecule has 2 atom stereocenters. The molecular formula is C28H32F2N4O2S. The number of halogens is 2. The van der Waals surface area contributed by atoms with E-state index in [4.69, 9.17) is 5.10 Å². The molecule has 3 aromatic rings. The Labute approximate surface area is 220 Å². The number of benzene rings is 2. The summed E-state index contributed by atoms with van der Waals surface area (Å²) in [7, 11) is 0. The van der Waals surface area contributed by atoms with Crippen LogP contribution >= 0.6 is 11.8 Å². The van der Waals surface area contributed by atoms with Crippen LogP contribution < -0.4 is 10.2 Å². The molecule has 9 heteroatoms. The Morgan fingerprint density at radius 3 is 2.49 bits per heavy atom. The molecule has 1 aliphatic rings. The summed E-state index contributed by atoms with van der Waals surface area (Å²) in [5, 5.41) is 7.47.